The Morgan fingerprint density at radius 1 is 1.15 bits per heavy atom. The Labute approximate surface area is 196 Å². The third kappa shape index (κ3) is 4.98. The van der Waals surface area contributed by atoms with E-state index in [0.29, 0.717) is 28.1 Å². The first kappa shape index (κ1) is 23.2. The van der Waals surface area contributed by atoms with Gasteiger partial charge in [0.05, 0.1) is 28.8 Å². The van der Waals surface area contributed by atoms with Gasteiger partial charge in [-0.2, -0.15) is 0 Å². The highest BCUT2D eigenvalue weighted by atomic mass is 35.5. The number of hydrogen-bond acceptors (Lipinski definition) is 10. The van der Waals surface area contributed by atoms with Crippen molar-refractivity contribution >= 4 is 45.8 Å². The maximum Gasteiger partial charge on any atom is 0.269 e. The number of nitrogens with zero attached hydrogens (tertiary/aromatic N) is 5. The molecule has 0 radical (unpaired) electrons. The van der Waals surface area contributed by atoms with Crippen molar-refractivity contribution in [1.29, 1.82) is 0 Å². The van der Waals surface area contributed by atoms with Crippen molar-refractivity contribution < 1.29 is 19.5 Å². The summed E-state index contributed by atoms with van der Waals surface area (Å²) in [6.07, 6.45) is 1.53. The van der Waals surface area contributed by atoms with E-state index >= 15 is 0 Å². The maximum atomic E-state index is 13.5. The molecular formula is C21H17ClFN7O4. The zero-order valence-electron chi connectivity index (χ0n) is 17.3. The molecule has 2 unspecified atom stereocenters. The number of anilines is 3. The van der Waals surface area contributed by atoms with E-state index in [1.807, 2.05) is 0 Å². The number of benzene rings is 2. The SMILES string of the molecule is O=[N+]([O-])c1ccc(C(O)C(CO)Nc2ncc3ncnc(Nc4ccc(F)c(Cl)c4)c3n2)cc1. The Morgan fingerprint density at radius 3 is 2.59 bits per heavy atom. The van der Waals surface area contributed by atoms with Crippen LogP contribution in [0.15, 0.2) is 55.0 Å². The van der Waals surface area contributed by atoms with Gasteiger partial charge in [-0.1, -0.05) is 11.6 Å². The molecule has 13 heteroatoms. The minimum Gasteiger partial charge on any atom is -0.394 e. The van der Waals surface area contributed by atoms with Gasteiger partial charge in [-0.3, -0.25) is 10.1 Å². The van der Waals surface area contributed by atoms with Crippen LogP contribution in [0.1, 0.15) is 11.7 Å². The van der Waals surface area contributed by atoms with Crippen LogP contribution in [0.3, 0.4) is 0 Å². The van der Waals surface area contributed by atoms with Crippen molar-refractivity contribution in [1.82, 2.24) is 19.9 Å². The highest BCUT2D eigenvalue weighted by molar-refractivity contribution is 6.31. The van der Waals surface area contributed by atoms with E-state index in [4.69, 9.17) is 11.6 Å². The van der Waals surface area contributed by atoms with Gasteiger partial charge in [0, 0.05) is 17.8 Å². The van der Waals surface area contributed by atoms with Crippen LogP contribution in [0.4, 0.5) is 27.5 Å². The average Bonchev–Trinajstić information content (AvgIpc) is 2.84. The Balaban J connectivity index is 1.59. The number of aliphatic hydroxyl groups excluding tert-OH is 2. The van der Waals surface area contributed by atoms with E-state index in [0.717, 1.165) is 0 Å². The minimum atomic E-state index is -1.21. The number of rotatable bonds is 8. The lowest BCUT2D eigenvalue weighted by atomic mass is 10.0. The van der Waals surface area contributed by atoms with E-state index in [1.54, 1.807) is 0 Å². The van der Waals surface area contributed by atoms with Crippen LogP contribution in [-0.4, -0.2) is 47.7 Å². The van der Waals surface area contributed by atoms with Crippen LogP contribution in [0.2, 0.25) is 5.02 Å². The molecule has 4 aromatic rings. The molecule has 2 heterocycles. The largest absolute Gasteiger partial charge is 0.394 e. The van der Waals surface area contributed by atoms with E-state index in [1.165, 1.54) is 55.0 Å². The second-order valence-corrected chi connectivity index (χ2v) is 7.54. The molecule has 11 nitrogen and oxygen atoms in total. The molecule has 2 atom stereocenters. The molecule has 4 N–H and O–H groups in total. The third-order valence-electron chi connectivity index (χ3n) is 4.90. The summed E-state index contributed by atoms with van der Waals surface area (Å²) in [5.74, 6) is -0.188. The summed E-state index contributed by atoms with van der Waals surface area (Å²) < 4.78 is 13.5. The predicted octanol–water partition coefficient (Wildman–Crippen LogP) is 3.37. The molecule has 174 valence electrons. The molecule has 0 aliphatic rings. The molecule has 0 bridgehead atoms. The van der Waals surface area contributed by atoms with Crippen molar-refractivity contribution in [2.75, 3.05) is 17.2 Å². The molecule has 0 saturated heterocycles. The number of nitro groups is 1. The summed E-state index contributed by atoms with van der Waals surface area (Å²) in [5.41, 5.74) is 1.44. The normalized spacial score (nSPS) is 12.8. The lowest BCUT2D eigenvalue weighted by molar-refractivity contribution is -0.384. The van der Waals surface area contributed by atoms with Gasteiger partial charge in [0.2, 0.25) is 5.95 Å². The summed E-state index contributed by atoms with van der Waals surface area (Å²) in [5, 5.41) is 37.1. The number of halogens is 2. The first-order valence-electron chi connectivity index (χ1n) is 9.85. The Morgan fingerprint density at radius 2 is 1.91 bits per heavy atom. The summed E-state index contributed by atoms with van der Waals surface area (Å²) in [7, 11) is 0. The number of nitro benzene ring substituents is 1. The van der Waals surface area contributed by atoms with Crippen LogP contribution >= 0.6 is 11.6 Å². The van der Waals surface area contributed by atoms with Gasteiger partial charge < -0.3 is 20.8 Å². The second kappa shape index (κ2) is 9.87. The molecule has 0 saturated carbocycles. The number of fused-ring (bicyclic) bond motifs is 1. The Bertz CT molecular complexity index is 1340. The highest BCUT2D eigenvalue weighted by Crippen LogP contribution is 2.26. The van der Waals surface area contributed by atoms with Crippen molar-refractivity contribution in [2.24, 2.45) is 0 Å². The summed E-state index contributed by atoms with van der Waals surface area (Å²) in [4.78, 5) is 27.1. The van der Waals surface area contributed by atoms with E-state index < -0.39 is 29.5 Å². The fraction of sp³-hybridized carbons (Fsp3) is 0.143. The molecule has 0 aliphatic carbocycles. The van der Waals surface area contributed by atoms with Gasteiger partial charge in [0.1, 0.15) is 29.3 Å². The van der Waals surface area contributed by atoms with Crippen LogP contribution in [0.25, 0.3) is 11.0 Å². The third-order valence-corrected chi connectivity index (χ3v) is 5.19. The molecular weight excluding hydrogens is 469 g/mol. The fourth-order valence-corrected chi connectivity index (χ4v) is 3.32. The monoisotopic (exact) mass is 485 g/mol. The second-order valence-electron chi connectivity index (χ2n) is 7.13. The standard InChI is InChI=1S/C21H17ClFN7O4/c22-14-7-12(3-6-15(14)23)27-20-18-16(25-10-26-20)8-24-21(29-18)28-17(9-31)19(32)11-1-4-13(5-2-11)30(33)34/h1-8,10,17,19,31-32H,9H2,(H,24,28,29)(H,25,26,27). The number of aromatic nitrogens is 4. The van der Waals surface area contributed by atoms with Gasteiger partial charge in [-0.25, -0.2) is 24.3 Å². The minimum absolute atomic E-state index is 0.0636. The van der Waals surface area contributed by atoms with Crippen LogP contribution in [0, 0.1) is 15.9 Å². The molecule has 2 aromatic heterocycles. The average molecular weight is 486 g/mol. The molecule has 0 fully saturated rings. The van der Waals surface area contributed by atoms with Gasteiger partial charge in [0.25, 0.3) is 5.69 Å². The maximum absolute atomic E-state index is 13.5. The first-order chi connectivity index (χ1) is 16.4. The summed E-state index contributed by atoms with van der Waals surface area (Å²) in [6, 6.07) is 8.49. The van der Waals surface area contributed by atoms with Crippen LogP contribution in [0.5, 0.6) is 0 Å². The zero-order chi connectivity index (χ0) is 24.2. The first-order valence-corrected chi connectivity index (χ1v) is 10.2. The molecule has 0 aliphatic heterocycles. The number of non-ortho nitro benzene ring substituents is 1. The summed E-state index contributed by atoms with van der Waals surface area (Å²) in [6.45, 7) is -0.482. The molecule has 2 aromatic carbocycles. The van der Waals surface area contributed by atoms with Crippen molar-refractivity contribution in [2.45, 2.75) is 12.1 Å². The van der Waals surface area contributed by atoms with Crippen LogP contribution in [-0.2, 0) is 0 Å². The van der Waals surface area contributed by atoms with E-state index in [2.05, 4.69) is 30.6 Å². The van der Waals surface area contributed by atoms with Crippen molar-refractivity contribution in [3.8, 4) is 0 Å². The number of aliphatic hydroxyl groups is 2. The lowest BCUT2D eigenvalue weighted by Gasteiger charge is -2.22. The Kier molecular flexibility index (Phi) is 6.72. The molecule has 34 heavy (non-hydrogen) atoms. The van der Waals surface area contributed by atoms with E-state index in [-0.39, 0.29) is 16.7 Å². The molecule has 4 rings (SSSR count). The smallest absolute Gasteiger partial charge is 0.269 e. The van der Waals surface area contributed by atoms with Crippen molar-refractivity contribution in [3.63, 3.8) is 0 Å². The zero-order valence-corrected chi connectivity index (χ0v) is 18.0. The predicted molar refractivity (Wildman–Crippen MR) is 122 cm³/mol. The van der Waals surface area contributed by atoms with Gasteiger partial charge in [0.15, 0.2) is 5.82 Å². The van der Waals surface area contributed by atoms with Crippen molar-refractivity contribution in [3.05, 3.63) is 81.5 Å². The van der Waals surface area contributed by atoms with Crippen LogP contribution < -0.4 is 10.6 Å². The van der Waals surface area contributed by atoms with Gasteiger partial charge >= 0.3 is 0 Å². The topological polar surface area (TPSA) is 159 Å². The Hall–Kier alpha value is -4.00. The lowest BCUT2D eigenvalue weighted by Crippen LogP contribution is -2.32. The fourth-order valence-electron chi connectivity index (χ4n) is 3.14. The van der Waals surface area contributed by atoms with E-state index in [9.17, 15) is 24.7 Å². The quantitative estimate of drug-likeness (QED) is 0.215. The highest BCUT2D eigenvalue weighted by Gasteiger charge is 2.22. The van der Waals surface area contributed by atoms with Gasteiger partial charge in [-0.05, 0) is 35.9 Å². The number of hydrogen-bond donors (Lipinski definition) is 4. The van der Waals surface area contributed by atoms with Gasteiger partial charge in [-0.15, -0.1) is 0 Å². The molecule has 0 amide bonds. The molecule has 0 spiro atoms. The number of nitrogens with one attached hydrogen (secondary N) is 2. The summed E-state index contributed by atoms with van der Waals surface area (Å²) >= 11 is 5.84.